The molecule has 6 N–H and O–H groups in total. The third-order valence-electron chi connectivity index (χ3n) is 5.43. The smallest absolute Gasteiger partial charge is 0.355 e. The number of hydrogen-bond acceptors (Lipinski definition) is 7. The molecule has 0 bridgehead atoms. The van der Waals surface area contributed by atoms with Gasteiger partial charge in [0.1, 0.15) is 5.69 Å². The zero-order valence-electron chi connectivity index (χ0n) is 17.0. The van der Waals surface area contributed by atoms with E-state index >= 15 is 0 Å². The number of ether oxygens (including phenoxy) is 1. The number of rotatable bonds is 10. The molecule has 0 radical (unpaired) electrons. The second kappa shape index (κ2) is 9.53. The summed E-state index contributed by atoms with van der Waals surface area (Å²) in [6.07, 6.45) is 1.90. The van der Waals surface area contributed by atoms with Gasteiger partial charge >= 0.3 is 5.97 Å². The summed E-state index contributed by atoms with van der Waals surface area (Å²) in [7, 11) is 0. The lowest BCUT2D eigenvalue weighted by molar-refractivity contribution is 0.0516. The summed E-state index contributed by atoms with van der Waals surface area (Å²) < 4.78 is 5.16. The topological polar surface area (TPSA) is 146 Å². The number of aliphatic hydroxyl groups is 3. The minimum Gasteiger partial charge on any atom is -0.461 e. The van der Waals surface area contributed by atoms with Gasteiger partial charge < -0.3 is 30.8 Å². The minimum absolute atomic E-state index is 0.0906. The Morgan fingerprint density at radius 3 is 2.37 bits per heavy atom. The highest BCUT2D eigenvalue weighted by molar-refractivity contribution is 6.12. The first-order valence-corrected chi connectivity index (χ1v) is 10.1. The summed E-state index contributed by atoms with van der Waals surface area (Å²) in [5.41, 5.74) is 9.04. The summed E-state index contributed by atoms with van der Waals surface area (Å²) in [5, 5.41) is 29.5. The summed E-state index contributed by atoms with van der Waals surface area (Å²) in [5.74, 6) is -0.913. The molecule has 0 aliphatic heterocycles. The zero-order valence-corrected chi connectivity index (χ0v) is 17.0. The number of aromatic amines is 1. The Morgan fingerprint density at radius 2 is 1.83 bits per heavy atom. The Balaban J connectivity index is 2.32. The Bertz CT molecular complexity index is 946. The fraction of sp³-hybridized carbons (Fsp3) is 0.455. The van der Waals surface area contributed by atoms with Crippen LogP contribution in [0.15, 0.2) is 12.1 Å². The monoisotopic (exact) mass is 416 g/mol. The maximum absolute atomic E-state index is 13.2. The van der Waals surface area contributed by atoms with Crippen molar-refractivity contribution in [3.8, 4) is 11.1 Å². The first-order chi connectivity index (χ1) is 14.5. The molecule has 0 saturated heterocycles. The predicted molar refractivity (Wildman–Crippen MR) is 110 cm³/mol. The fourth-order valence-electron chi connectivity index (χ4n) is 3.83. The van der Waals surface area contributed by atoms with Crippen LogP contribution < -0.4 is 5.73 Å². The lowest BCUT2D eigenvalue weighted by Crippen LogP contribution is -2.13. The van der Waals surface area contributed by atoms with Crippen molar-refractivity contribution in [2.24, 2.45) is 11.7 Å². The number of nitrogens with two attached hydrogens (primary N) is 1. The van der Waals surface area contributed by atoms with Crippen LogP contribution in [0.2, 0.25) is 0 Å². The molecular weight excluding hydrogens is 388 g/mol. The quantitative estimate of drug-likeness (QED) is 0.291. The minimum atomic E-state index is -0.620. The molecule has 1 aromatic carbocycles. The normalized spacial score (nSPS) is 13.5. The molecule has 1 heterocycles. The van der Waals surface area contributed by atoms with Gasteiger partial charge in [-0.3, -0.25) is 4.79 Å². The van der Waals surface area contributed by atoms with Gasteiger partial charge in [-0.05, 0) is 48.6 Å². The van der Waals surface area contributed by atoms with Crippen molar-refractivity contribution in [2.75, 3.05) is 13.2 Å². The zero-order chi connectivity index (χ0) is 21.8. The highest BCUT2D eigenvalue weighted by atomic mass is 16.5. The second-order valence-electron chi connectivity index (χ2n) is 7.33. The number of benzene rings is 1. The molecule has 3 rings (SSSR count). The average molecular weight is 416 g/mol. The highest BCUT2D eigenvalue weighted by Crippen LogP contribution is 2.41. The number of H-pyrrole nitrogens is 1. The Labute approximate surface area is 174 Å². The van der Waals surface area contributed by atoms with Crippen molar-refractivity contribution >= 4 is 11.8 Å². The van der Waals surface area contributed by atoms with Crippen molar-refractivity contribution in [1.29, 1.82) is 0 Å². The third-order valence-corrected chi connectivity index (χ3v) is 5.43. The van der Waals surface area contributed by atoms with Gasteiger partial charge in [0, 0.05) is 23.6 Å². The maximum Gasteiger partial charge on any atom is 0.355 e. The number of hydrogen-bond donors (Lipinski definition) is 5. The molecule has 0 atom stereocenters. The first-order valence-electron chi connectivity index (χ1n) is 10.1. The van der Waals surface area contributed by atoms with E-state index in [-0.39, 0.29) is 49.3 Å². The van der Waals surface area contributed by atoms with Crippen molar-refractivity contribution in [3.05, 3.63) is 45.8 Å². The molecule has 2 aromatic rings. The number of ketones is 1. The molecule has 8 nitrogen and oxygen atoms in total. The van der Waals surface area contributed by atoms with Gasteiger partial charge in [-0.25, -0.2) is 4.79 Å². The molecule has 0 amide bonds. The molecule has 30 heavy (non-hydrogen) atoms. The number of nitrogens with one attached hydrogen (secondary N) is 1. The number of esters is 1. The molecule has 1 aromatic heterocycles. The molecule has 1 fully saturated rings. The van der Waals surface area contributed by atoms with E-state index < -0.39 is 12.6 Å². The van der Waals surface area contributed by atoms with Gasteiger partial charge in [0.2, 0.25) is 0 Å². The number of aliphatic hydroxyl groups excluding tert-OH is 3. The molecule has 8 heteroatoms. The largest absolute Gasteiger partial charge is 0.461 e. The highest BCUT2D eigenvalue weighted by Gasteiger charge is 2.37. The Morgan fingerprint density at radius 1 is 1.13 bits per heavy atom. The van der Waals surface area contributed by atoms with Crippen LogP contribution in [0.1, 0.15) is 63.0 Å². The van der Waals surface area contributed by atoms with Gasteiger partial charge in [0.15, 0.2) is 5.78 Å². The van der Waals surface area contributed by atoms with E-state index in [4.69, 9.17) is 10.5 Å². The van der Waals surface area contributed by atoms with Crippen LogP contribution in [0.4, 0.5) is 0 Å². The summed E-state index contributed by atoms with van der Waals surface area (Å²) in [6, 6.07) is 3.34. The van der Waals surface area contributed by atoms with Crippen molar-refractivity contribution < 1.29 is 29.6 Å². The fourth-order valence-corrected chi connectivity index (χ4v) is 3.83. The Hall–Kier alpha value is -2.52. The summed E-state index contributed by atoms with van der Waals surface area (Å²) in [6.45, 7) is 1.05. The number of Topliss-reactive ketones (excluding diaryl/α,β-unsaturated/α-hetero) is 1. The van der Waals surface area contributed by atoms with Crippen LogP contribution in [-0.2, 0) is 31.0 Å². The Kier molecular flexibility index (Phi) is 7.04. The van der Waals surface area contributed by atoms with Crippen LogP contribution in [0, 0.1) is 5.92 Å². The van der Waals surface area contributed by atoms with Crippen molar-refractivity contribution in [1.82, 2.24) is 4.98 Å². The molecular formula is C22H28N2O6. The van der Waals surface area contributed by atoms with Crippen molar-refractivity contribution in [3.63, 3.8) is 0 Å². The van der Waals surface area contributed by atoms with Gasteiger partial charge in [-0.15, -0.1) is 0 Å². The van der Waals surface area contributed by atoms with E-state index in [1.165, 1.54) is 0 Å². The van der Waals surface area contributed by atoms with Crippen LogP contribution in [0.25, 0.3) is 11.1 Å². The lowest BCUT2D eigenvalue weighted by atomic mass is 9.88. The number of carbonyl (C=O) groups is 2. The third kappa shape index (κ3) is 4.04. The number of aromatic nitrogens is 1. The van der Waals surface area contributed by atoms with Crippen molar-refractivity contribution in [2.45, 2.75) is 46.0 Å². The molecule has 162 valence electrons. The van der Waals surface area contributed by atoms with Gasteiger partial charge in [0.05, 0.1) is 32.0 Å². The molecule has 0 spiro atoms. The van der Waals surface area contributed by atoms with Crippen LogP contribution in [0.5, 0.6) is 0 Å². The molecule has 1 aliphatic carbocycles. The van der Waals surface area contributed by atoms with Gasteiger partial charge in [-0.2, -0.15) is 0 Å². The standard InChI is InChI=1S/C22H28N2O6/c1-2-30-22(29)20-19(21(28)12-3-4-12)18(17(24-20)7-8-23)14-6-5-13(9-25)15(10-26)16(14)11-27/h5-6,12,24-27H,2-4,7-11,23H2,1H3. The van der Waals surface area contributed by atoms with E-state index in [0.29, 0.717) is 39.9 Å². The molecule has 1 saturated carbocycles. The summed E-state index contributed by atoms with van der Waals surface area (Å²) in [4.78, 5) is 28.9. The van der Waals surface area contributed by atoms with Gasteiger partial charge in [0.25, 0.3) is 0 Å². The first kappa shape index (κ1) is 22.2. The predicted octanol–water partition coefficient (Wildman–Crippen LogP) is 1.43. The van der Waals surface area contributed by atoms with E-state index in [2.05, 4.69) is 4.98 Å². The van der Waals surface area contributed by atoms with E-state index in [1.54, 1.807) is 19.1 Å². The second-order valence-corrected chi connectivity index (χ2v) is 7.33. The average Bonchev–Trinajstić information content (AvgIpc) is 3.53. The van der Waals surface area contributed by atoms with E-state index in [9.17, 15) is 24.9 Å². The van der Waals surface area contributed by atoms with Crippen LogP contribution in [0.3, 0.4) is 0 Å². The molecule has 0 unspecified atom stereocenters. The van der Waals surface area contributed by atoms with Crippen LogP contribution >= 0.6 is 0 Å². The summed E-state index contributed by atoms with van der Waals surface area (Å²) >= 11 is 0. The molecule has 1 aliphatic rings. The lowest BCUT2D eigenvalue weighted by Gasteiger charge is -2.17. The van der Waals surface area contributed by atoms with E-state index in [0.717, 1.165) is 12.8 Å². The SMILES string of the molecule is CCOC(=O)c1[nH]c(CCN)c(-c2ccc(CO)c(CO)c2CO)c1C(=O)C1CC1. The maximum atomic E-state index is 13.2. The van der Waals surface area contributed by atoms with Crippen LogP contribution in [-0.4, -0.2) is 45.2 Å². The number of carbonyl (C=O) groups excluding carboxylic acids is 2. The van der Waals surface area contributed by atoms with Gasteiger partial charge in [-0.1, -0.05) is 12.1 Å². The van der Waals surface area contributed by atoms with E-state index in [1.807, 2.05) is 0 Å².